The first-order valence-corrected chi connectivity index (χ1v) is 6.57. The number of anilines is 1. The van der Waals surface area contributed by atoms with E-state index in [1.807, 2.05) is 0 Å². The fourth-order valence-electron chi connectivity index (χ4n) is 1.76. The first kappa shape index (κ1) is 17.0. The molecule has 0 radical (unpaired) electrons. The Kier molecular flexibility index (Phi) is 4.74. The van der Waals surface area contributed by atoms with Crippen molar-refractivity contribution in [3.63, 3.8) is 0 Å². The average molecular weight is 349 g/mol. The maximum atomic E-state index is 12.9. The minimum absolute atomic E-state index is 0.0743. The van der Waals surface area contributed by atoms with Crippen molar-refractivity contribution in [2.45, 2.75) is 12.7 Å². The highest BCUT2D eigenvalue weighted by Gasteiger charge is 2.31. The molecule has 1 amide bonds. The molecule has 122 valence electrons. The molecule has 1 N–H and O–H groups in total. The third-order valence-corrected chi connectivity index (χ3v) is 3.14. The van der Waals surface area contributed by atoms with Gasteiger partial charge in [-0.05, 0) is 24.3 Å². The van der Waals surface area contributed by atoms with Gasteiger partial charge in [0.25, 0.3) is 5.56 Å². The molecule has 1 aromatic carbocycles. The number of benzene rings is 1. The highest BCUT2D eigenvalue weighted by atomic mass is 35.5. The molecule has 1 aromatic heterocycles. The van der Waals surface area contributed by atoms with Gasteiger partial charge in [0.1, 0.15) is 12.4 Å². The van der Waals surface area contributed by atoms with Crippen LogP contribution in [0.1, 0.15) is 5.56 Å². The van der Waals surface area contributed by atoms with Crippen molar-refractivity contribution in [3.8, 4) is 0 Å². The number of pyridine rings is 1. The Labute approximate surface area is 132 Å². The SMILES string of the molecule is O=C(Cn1cc(C(F)(F)F)ccc1=O)Nc1ccc(F)cc1Cl. The summed E-state index contributed by atoms with van der Waals surface area (Å²) in [5.41, 5.74) is -1.74. The number of alkyl halides is 3. The number of aromatic nitrogens is 1. The van der Waals surface area contributed by atoms with Crippen LogP contribution in [-0.4, -0.2) is 10.5 Å². The second kappa shape index (κ2) is 6.41. The lowest BCUT2D eigenvalue weighted by Gasteiger charge is -2.11. The molecule has 0 atom stereocenters. The number of carbonyl (C=O) groups excluding carboxylic acids is 1. The van der Waals surface area contributed by atoms with E-state index in [1.165, 1.54) is 6.07 Å². The minimum atomic E-state index is -4.63. The summed E-state index contributed by atoms with van der Waals surface area (Å²) >= 11 is 5.72. The van der Waals surface area contributed by atoms with Crippen LogP contribution in [0.3, 0.4) is 0 Å². The Morgan fingerprint density at radius 3 is 2.52 bits per heavy atom. The largest absolute Gasteiger partial charge is 0.417 e. The van der Waals surface area contributed by atoms with Crippen molar-refractivity contribution in [1.82, 2.24) is 4.57 Å². The summed E-state index contributed by atoms with van der Waals surface area (Å²) in [6.07, 6.45) is -4.08. The molecule has 0 aliphatic rings. The molecule has 9 heteroatoms. The first-order valence-electron chi connectivity index (χ1n) is 6.19. The molecule has 1 heterocycles. The topological polar surface area (TPSA) is 51.1 Å². The third kappa shape index (κ3) is 4.32. The van der Waals surface area contributed by atoms with Gasteiger partial charge in [-0.25, -0.2) is 4.39 Å². The Morgan fingerprint density at radius 1 is 1.22 bits per heavy atom. The molecule has 2 rings (SSSR count). The van der Waals surface area contributed by atoms with Crippen LogP contribution in [0.4, 0.5) is 23.2 Å². The van der Waals surface area contributed by atoms with Crippen LogP contribution in [0, 0.1) is 5.82 Å². The van der Waals surface area contributed by atoms with Crippen LogP contribution >= 0.6 is 11.6 Å². The summed E-state index contributed by atoms with van der Waals surface area (Å²) in [4.78, 5) is 23.4. The van der Waals surface area contributed by atoms with E-state index in [-0.39, 0.29) is 10.7 Å². The summed E-state index contributed by atoms with van der Waals surface area (Å²) in [6, 6.07) is 4.57. The highest BCUT2D eigenvalue weighted by molar-refractivity contribution is 6.33. The zero-order valence-corrected chi connectivity index (χ0v) is 12.1. The predicted molar refractivity (Wildman–Crippen MR) is 75.7 cm³/mol. The number of nitrogens with zero attached hydrogens (tertiary/aromatic N) is 1. The fourth-order valence-corrected chi connectivity index (χ4v) is 1.97. The number of amides is 1. The van der Waals surface area contributed by atoms with Gasteiger partial charge in [-0.2, -0.15) is 13.2 Å². The zero-order valence-electron chi connectivity index (χ0n) is 11.3. The van der Waals surface area contributed by atoms with Crippen LogP contribution in [0.25, 0.3) is 0 Å². The average Bonchev–Trinajstić information content (AvgIpc) is 2.43. The summed E-state index contributed by atoms with van der Waals surface area (Å²) in [5.74, 6) is -1.39. The van der Waals surface area contributed by atoms with E-state index < -0.39 is 35.6 Å². The Bertz CT molecular complexity index is 802. The Balaban J connectivity index is 2.18. The molecule has 0 aliphatic heterocycles. The van der Waals surface area contributed by atoms with Crippen LogP contribution in [0.5, 0.6) is 0 Å². The van der Waals surface area contributed by atoms with Crippen LogP contribution in [0.15, 0.2) is 41.3 Å². The lowest BCUT2D eigenvalue weighted by Crippen LogP contribution is -2.28. The lowest BCUT2D eigenvalue weighted by molar-refractivity contribution is -0.138. The molecular weight excluding hydrogens is 340 g/mol. The first-order chi connectivity index (χ1) is 10.7. The molecule has 0 fully saturated rings. The number of carbonyl (C=O) groups is 1. The van der Waals surface area contributed by atoms with Gasteiger partial charge < -0.3 is 9.88 Å². The smallest absolute Gasteiger partial charge is 0.323 e. The van der Waals surface area contributed by atoms with Crippen molar-refractivity contribution in [2.24, 2.45) is 0 Å². The van der Waals surface area contributed by atoms with Crippen molar-refractivity contribution in [1.29, 1.82) is 0 Å². The zero-order chi connectivity index (χ0) is 17.2. The van der Waals surface area contributed by atoms with E-state index in [0.717, 1.165) is 18.2 Å². The monoisotopic (exact) mass is 348 g/mol. The van der Waals surface area contributed by atoms with Crippen molar-refractivity contribution in [2.75, 3.05) is 5.32 Å². The minimum Gasteiger partial charge on any atom is -0.323 e. The molecule has 0 saturated carbocycles. The van der Waals surface area contributed by atoms with Crippen LogP contribution in [-0.2, 0) is 17.5 Å². The molecule has 0 aliphatic carbocycles. The number of rotatable bonds is 3. The van der Waals surface area contributed by atoms with Gasteiger partial charge >= 0.3 is 6.18 Å². The lowest BCUT2D eigenvalue weighted by atomic mass is 10.2. The van der Waals surface area contributed by atoms with Gasteiger partial charge in [0.05, 0.1) is 16.3 Å². The van der Waals surface area contributed by atoms with Crippen molar-refractivity contribution in [3.05, 3.63) is 63.3 Å². The van der Waals surface area contributed by atoms with Gasteiger partial charge in [0.15, 0.2) is 0 Å². The molecule has 0 saturated heterocycles. The Morgan fingerprint density at radius 2 is 1.91 bits per heavy atom. The molecular formula is C14H9ClF4N2O2. The molecule has 4 nitrogen and oxygen atoms in total. The molecule has 2 aromatic rings. The quantitative estimate of drug-likeness (QED) is 0.865. The van der Waals surface area contributed by atoms with E-state index in [9.17, 15) is 27.2 Å². The maximum Gasteiger partial charge on any atom is 0.417 e. The van der Waals surface area contributed by atoms with Gasteiger partial charge in [-0.3, -0.25) is 9.59 Å². The summed E-state index contributed by atoms with van der Waals surface area (Å²) in [7, 11) is 0. The van der Waals surface area contributed by atoms with Gasteiger partial charge in [0.2, 0.25) is 5.91 Å². The standard InChI is InChI=1S/C14H9ClF4N2O2/c15-10-5-9(16)2-3-11(10)20-12(22)7-21-6-8(14(17,18)19)1-4-13(21)23/h1-6H,7H2,(H,20,22). The van der Waals surface area contributed by atoms with E-state index in [4.69, 9.17) is 11.6 Å². The van der Waals surface area contributed by atoms with E-state index in [2.05, 4.69) is 5.32 Å². The van der Waals surface area contributed by atoms with E-state index >= 15 is 0 Å². The number of halogens is 5. The van der Waals surface area contributed by atoms with Crippen LogP contribution < -0.4 is 10.9 Å². The molecule has 0 spiro atoms. The van der Waals surface area contributed by atoms with Gasteiger partial charge in [-0.1, -0.05) is 11.6 Å². The summed E-state index contributed by atoms with van der Waals surface area (Å²) in [6.45, 7) is -0.642. The fraction of sp³-hybridized carbons (Fsp3) is 0.143. The highest BCUT2D eigenvalue weighted by Crippen LogP contribution is 2.28. The summed E-state index contributed by atoms with van der Waals surface area (Å²) < 4.78 is 51.3. The number of hydrogen-bond donors (Lipinski definition) is 1. The summed E-state index contributed by atoms with van der Waals surface area (Å²) in [5, 5.41) is 2.22. The Hall–Kier alpha value is -2.35. The van der Waals surface area contributed by atoms with E-state index in [0.29, 0.717) is 16.8 Å². The third-order valence-electron chi connectivity index (χ3n) is 2.83. The van der Waals surface area contributed by atoms with Crippen LogP contribution in [0.2, 0.25) is 5.02 Å². The second-order valence-corrected chi connectivity index (χ2v) is 4.96. The van der Waals surface area contributed by atoms with Crippen molar-refractivity contribution >= 4 is 23.2 Å². The number of nitrogens with one attached hydrogen (secondary N) is 1. The predicted octanol–water partition coefficient (Wildman–Crippen LogP) is 3.30. The number of hydrogen-bond acceptors (Lipinski definition) is 2. The maximum absolute atomic E-state index is 12.9. The second-order valence-electron chi connectivity index (χ2n) is 4.55. The molecule has 0 bridgehead atoms. The normalized spacial score (nSPS) is 11.3. The van der Waals surface area contributed by atoms with Gasteiger partial charge in [-0.15, -0.1) is 0 Å². The molecule has 0 unspecified atom stereocenters. The van der Waals surface area contributed by atoms with Gasteiger partial charge in [0, 0.05) is 12.3 Å². The van der Waals surface area contributed by atoms with E-state index in [1.54, 1.807) is 0 Å². The molecule has 23 heavy (non-hydrogen) atoms. The van der Waals surface area contributed by atoms with Crippen molar-refractivity contribution < 1.29 is 22.4 Å².